The van der Waals surface area contributed by atoms with Gasteiger partial charge < -0.3 is 15.7 Å². The van der Waals surface area contributed by atoms with Crippen LogP contribution in [-0.4, -0.2) is 28.6 Å². The third-order valence-corrected chi connectivity index (χ3v) is 5.84. The maximum Gasteiger partial charge on any atom is 0.338 e. The molecule has 1 aliphatic rings. The van der Waals surface area contributed by atoms with Crippen LogP contribution in [-0.2, 0) is 4.79 Å². The van der Waals surface area contributed by atoms with Gasteiger partial charge in [-0.15, -0.1) is 11.3 Å². The minimum absolute atomic E-state index is 0.0277. The molecule has 0 atom stereocenters. The average Bonchev–Trinajstić information content (AvgIpc) is 2.97. The van der Waals surface area contributed by atoms with Gasteiger partial charge in [-0.3, -0.25) is 4.79 Å². The van der Waals surface area contributed by atoms with Crippen molar-refractivity contribution in [2.75, 3.05) is 4.90 Å². The highest BCUT2D eigenvalue weighted by Gasteiger charge is 2.33. The molecule has 1 aromatic heterocycles. The summed E-state index contributed by atoms with van der Waals surface area (Å²) in [6, 6.07) is 1.42. The van der Waals surface area contributed by atoms with E-state index in [1.165, 1.54) is 11.3 Å². The molecule has 1 amide bonds. The molecule has 1 aliphatic carbocycles. The second-order valence-corrected chi connectivity index (χ2v) is 9.40. The summed E-state index contributed by atoms with van der Waals surface area (Å²) in [4.78, 5) is 27.3. The predicted molar refractivity (Wildman–Crippen MR) is 110 cm³/mol. The fourth-order valence-corrected chi connectivity index (χ4v) is 4.43. The lowest BCUT2D eigenvalue weighted by molar-refractivity contribution is -0.123. The Kier molecular flexibility index (Phi) is 6.72. The largest absolute Gasteiger partial charge is 0.478 e. The highest BCUT2D eigenvalue weighted by molar-refractivity contribution is 7.17. The number of carboxylic acids is 1. The Morgan fingerprint density at radius 3 is 2.37 bits per heavy atom. The van der Waals surface area contributed by atoms with E-state index >= 15 is 0 Å². The number of hydrogen-bond donors (Lipinski definition) is 2. The van der Waals surface area contributed by atoms with Crippen LogP contribution < -0.4 is 10.6 Å². The predicted octanol–water partition coefficient (Wildman–Crippen LogP) is 4.10. The molecule has 0 spiro atoms. The van der Waals surface area contributed by atoms with Crippen molar-refractivity contribution < 1.29 is 14.7 Å². The van der Waals surface area contributed by atoms with Crippen molar-refractivity contribution in [3.63, 3.8) is 0 Å². The molecule has 27 heavy (non-hydrogen) atoms. The van der Waals surface area contributed by atoms with Crippen LogP contribution in [0.5, 0.6) is 0 Å². The third-order valence-electron chi connectivity index (χ3n) is 4.79. The number of carboxylic acid groups (broad SMARTS) is 1. The van der Waals surface area contributed by atoms with Crippen LogP contribution in [0.15, 0.2) is 6.07 Å². The van der Waals surface area contributed by atoms with Gasteiger partial charge in [0.25, 0.3) is 0 Å². The smallest absolute Gasteiger partial charge is 0.338 e. The van der Waals surface area contributed by atoms with E-state index in [-0.39, 0.29) is 23.4 Å². The Morgan fingerprint density at radius 2 is 1.89 bits per heavy atom. The van der Waals surface area contributed by atoms with Crippen molar-refractivity contribution in [2.24, 2.45) is 17.6 Å². The summed E-state index contributed by atoms with van der Waals surface area (Å²) in [6.45, 7) is 9.64. The van der Waals surface area contributed by atoms with Crippen LogP contribution in [0.25, 0.3) is 0 Å². The summed E-state index contributed by atoms with van der Waals surface area (Å²) >= 11 is 1.25. The molecule has 1 aromatic rings. The zero-order valence-corrected chi connectivity index (χ0v) is 17.7. The third kappa shape index (κ3) is 5.57. The van der Waals surface area contributed by atoms with Gasteiger partial charge in [0.15, 0.2) is 0 Å². The fraction of sp³-hybridized carbons (Fsp3) is 0.619. The number of nitrogens with zero attached hydrogens (tertiary/aromatic N) is 1. The summed E-state index contributed by atoms with van der Waals surface area (Å²) in [5, 5.41) is 10.1. The van der Waals surface area contributed by atoms with Crippen LogP contribution in [0.2, 0.25) is 0 Å². The SMILES string of the molecule is CC1CCC(C(=O)N(c2sc(C#CC(C)(C)N)cc2C(=O)O)C(C)C)CC1. The van der Waals surface area contributed by atoms with E-state index in [9.17, 15) is 14.7 Å². The summed E-state index contributed by atoms with van der Waals surface area (Å²) in [5.74, 6) is 5.48. The molecule has 3 N–H and O–H groups in total. The Morgan fingerprint density at radius 1 is 1.30 bits per heavy atom. The first kappa shape index (κ1) is 21.5. The Bertz CT molecular complexity index is 757. The van der Waals surface area contributed by atoms with E-state index in [2.05, 4.69) is 18.8 Å². The fourth-order valence-electron chi connectivity index (χ4n) is 3.29. The summed E-state index contributed by atoms with van der Waals surface area (Å²) in [5.41, 5.74) is 5.37. The summed E-state index contributed by atoms with van der Waals surface area (Å²) in [6.07, 6.45) is 3.82. The van der Waals surface area contributed by atoms with Crippen molar-refractivity contribution in [3.8, 4) is 11.8 Å². The highest BCUT2D eigenvalue weighted by Crippen LogP contribution is 2.37. The first-order valence-corrected chi connectivity index (χ1v) is 10.3. The zero-order chi connectivity index (χ0) is 20.4. The molecule has 148 valence electrons. The topological polar surface area (TPSA) is 83.6 Å². The van der Waals surface area contributed by atoms with Gasteiger partial charge in [-0.05, 0) is 65.4 Å². The average molecular weight is 391 g/mol. The molecule has 0 saturated heterocycles. The quantitative estimate of drug-likeness (QED) is 0.758. The maximum absolute atomic E-state index is 13.2. The Hall–Kier alpha value is -1.84. The molecule has 0 bridgehead atoms. The van der Waals surface area contributed by atoms with Crippen molar-refractivity contribution in [1.82, 2.24) is 0 Å². The van der Waals surface area contributed by atoms with Crippen LogP contribution in [0.3, 0.4) is 0 Å². The number of carbonyl (C=O) groups is 2. The monoisotopic (exact) mass is 390 g/mol. The summed E-state index contributed by atoms with van der Waals surface area (Å²) in [7, 11) is 0. The Labute approximate surface area is 165 Å². The second kappa shape index (κ2) is 8.45. The molecule has 0 unspecified atom stereocenters. The van der Waals surface area contributed by atoms with Crippen molar-refractivity contribution in [1.29, 1.82) is 0 Å². The molecule has 6 heteroatoms. The number of nitrogens with two attached hydrogens (primary N) is 1. The number of aromatic carboxylic acids is 1. The van der Waals surface area contributed by atoms with Crippen LogP contribution in [0, 0.1) is 23.7 Å². The Balaban J connectivity index is 2.40. The molecule has 1 saturated carbocycles. The van der Waals surface area contributed by atoms with Gasteiger partial charge >= 0.3 is 5.97 Å². The molecule has 2 rings (SSSR count). The van der Waals surface area contributed by atoms with Crippen LogP contribution in [0.4, 0.5) is 5.00 Å². The van der Waals surface area contributed by atoms with Gasteiger partial charge in [0.05, 0.1) is 16.0 Å². The van der Waals surface area contributed by atoms with Crippen LogP contribution >= 0.6 is 11.3 Å². The number of hydrogen-bond acceptors (Lipinski definition) is 4. The summed E-state index contributed by atoms with van der Waals surface area (Å²) < 4.78 is 0. The number of rotatable bonds is 4. The first-order chi connectivity index (χ1) is 12.5. The lowest BCUT2D eigenvalue weighted by Gasteiger charge is -2.33. The number of carbonyl (C=O) groups excluding carboxylic acids is 1. The number of amides is 1. The van der Waals surface area contributed by atoms with E-state index in [0.717, 1.165) is 25.7 Å². The molecular formula is C21H30N2O3S. The van der Waals surface area contributed by atoms with E-state index in [4.69, 9.17) is 5.73 Å². The molecule has 0 aliphatic heterocycles. The molecule has 1 fully saturated rings. The second-order valence-electron chi connectivity index (χ2n) is 8.37. The van der Waals surface area contributed by atoms with Gasteiger partial charge in [-0.25, -0.2) is 4.79 Å². The molecular weight excluding hydrogens is 360 g/mol. The van der Waals surface area contributed by atoms with Crippen molar-refractivity contribution >= 4 is 28.2 Å². The van der Waals surface area contributed by atoms with Crippen molar-refractivity contribution in [2.45, 2.75) is 71.9 Å². The van der Waals surface area contributed by atoms with E-state index < -0.39 is 11.5 Å². The lowest BCUT2D eigenvalue weighted by atomic mass is 9.82. The minimum atomic E-state index is -1.04. The normalized spacial score (nSPS) is 20.1. The van der Waals surface area contributed by atoms with E-state index in [0.29, 0.717) is 15.8 Å². The van der Waals surface area contributed by atoms with Gasteiger partial charge in [0, 0.05) is 12.0 Å². The molecule has 0 radical (unpaired) electrons. The number of thiophene rings is 1. The number of anilines is 1. The first-order valence-electron chi connectivity index (χ1n) is 9.52. The van der Waals surface area contributed by atoms with Gasteiger partial charge in [0.2, 0.25) is 5.91 Å². The highest BCUT2D eigenvalue weighted by atomic mass is 32.1. The van der Waals surface area contributed by atoms with E-state index in [1.54, 1.807) is 24.8 Å². The van der Waals surface area contributed by atoms with Gasteiger partial charge in [-0.2, -0.15) is 0 Å². The van der Waals surface area contributed by atoms with E-state index in [1.807, 2.05) is 13.8 Å². The standard InChI is InChI=1S/C21H30N2O3S/c1-13(2)23(18(24)15-8-6-14(3)7-9-15)19-17(20(25)26)12-16(27-19)10-11-21(4,5)22/h12-15H,6-9,22H2,1-5H3,(H,25,26). The van der Waals surface area contributed by atoms with Crippen molar-refractivity contribution in [3.05, 3.63) is 16.5 Å². The molecule has 1 heterocycles. The molecule has 0 aromatic carbocycles. The molecule has 5 nitrogen and oxygen atoms in total. The van der Waals surface area contributed by atoms with Crippen LogP contribution in [0.1, 0.15) is 75.5 Å². The van der Waals surface area contributed by atoms with Gasteiger partial charge in [-0.1, -0.05) is 18.8 Å². The lowest BCUT2D eigenvalue weighted by Crippen LogP contribution is -2.42. The van der Waals surface area contributed by atoms with Gasteiger partial charge in [0.1, 0.15) is 5.00 Å². The minimum Gasteiger partial charge on any atom is -0.478 e. The zero-order valence-electron chi connectivity index (χ0n) is 16.8. The maximum atomic E-state index is 13.2.